The summed E-state index contributed by atoms with van der Waals surface area (Å²) in [5.74, 6) is 0.0691. The van der Waals surface area contributed by atoms with Crippen molar-refractivity contribution in [1.82, 2.24) is 20.2 Å². The molecule has 0 saturated carbocycles. The number of nitrogens with zero attached hydrogens (tertiary/aromatic N) is 4. The summed E-state index contributed by atoms with van der Waals surface area (Å²) in [5.41, 5.74) is 5.12. The van der Waals surface area contributed by atoms with E-state index >= 15 is 0 Å². The van der Waals surface area contributed by atoms with Crippen molar-refractivity contribution in [3.8, 4) is 5.69 Å². The van der Waals surface area contributed by atoms with E-state index in [-0.39, 0.29) is 11.0 Å². The molecule has 1 heterocycles. The Labute approximate surface area is 151 Å². The van der Waals surface area contributed by atoms with E-state index in [2.05, 4.69) is 29.4 Å². The smallest absolute Gasteiger partial charge is 0.214 e. The molecule has 3 aromatic rings. The Morgan fingerprint density at radius 2 is 1.76 bits per heavy atom. The summed E-state index contributed by atoms with van der Waals surface area (Å²) in [7, 11) is 0. The van der Waals surface area contributed by atoms with Crippen LogP contribution in [0.5, 0.6) is 0 Å². The van der Waals surface area contributed by atoms with Crippen molar-refractivity contribution >= 4 is 17.5 Å². The molecule has 1 atom stereocenters. The van der Waals surface area contributed by atoms with Crippen LogP contribution in [0.2, 0.25) is 0 Å². The lowest BCUT2D eigenvalue weighted by atomic mass is 10.1. The second-order valence-electron chi connectivity index (χ2n) is 6.13. The second kappa shape index (κ2) is 7.19. The van der Waals surface area contributed by atoms with Crippen LogP contribution in [0.15, 0.2) is 47.6 Å². The van der Waals surface area contributed by atoms with Crippen LogP contribution < -0.4 is 0 Å². The fraction of sp³-hybridized carbons (Fsp3) is 0.263. The lowest BCUT2D eigenvalue weighted by molar-refractivity contribution is 0.0994. The average molecular weight is 352 g/mol. The van der Waals surface area contributed by atoms with E-state index in [1.807, 2.05) is 56.3 Å². The molecule has 3 rings (SSSR count). The molecule has 0 bridgehead atoms. The molecule has 128 valence electrons. The van der Waals surface area contributed by atoms with E-state index in [4.69, 9.17) is 0 Å². The first-order valence-corrected chi connectivity index (χ1v) is 8.97. The normalized spacial score (nSPS) is 12.2. The Bertz CT molecular complexity index is 902. The molecule has 25 heavy (non-hydrogen) atoms. The number of rotatable bonds is 5. The number of aromatic nitrogens is 4. The molecule has 5 nitrogen and oxygen atoms in total. The number of carbonyl (C=O) groups excluding carboxylic acids is 1. The first-order chi connectivity index (χ1) is 12.0. The molecule has 6 heteroatoms. The quantitative estimate of drug-likeness (QED) is 0.514. The molecule has 0 saturated heterocycles. The third-order valence-electron chi connectivity index (χ3n) is 4.16. The molecule has 1 aromatic heterocycles. The highest BCUT2D eigenvalue weighted by molar-refractivity contribution is 8.00. The van der Waals surface area contributed by atoms with Crippen molar-refractivity contribution in [2.75, 3.05) is 0 Å². The van der Waals surface area contributed by atoms with Gasteiger partial charge in [0, 0.05) is 5.56 Å². The van der Waals surface area contributed by atoms with Crippen LogP contribution in [0.4, 0.5) is 0 Å². The van der Waals surface area contributed by atoms with Gasteiger partial charge in [-0.3, -0.25) is 4.79 Å². The highest BCUT2D eigenvalue weighted by Gasteiger charge is 2.20. The minimum Gasteiger partial charge on any atom is -0.293 e. The van der Waals surface area contributed by atoms with Gasteiger partial charge in [0.15, 0.2) is 5.78 Å². The topological polar surface area (TPSA) is 60.7 Å². The summed E-state index contributed by atoms with van der Waals surface area (Å²) >= 11 is 1.37. The zero-order chi connectivity index (χ0) is 18.0. The van der Waals surface area contributed by atoms with Crippen LogP contribution in [-0.4, -0.2) is 31.2 Å². The zero-order valence-electron chi connectivity index (χ0n) is 14.7. The van der Waals surface area contributed by atoms with Crippen molar-refractivity contribution in [3.05, 3.63) is 64.7 Å². The van der Waals surface area contributed by atoms with Crippen LogP contribution in [0.1, 0.15) is 34.0 Å². The summed E-state index contributed by atoms with van der Waals surface area (Å²) in [4.78, 5) is 12.6. The van der Waals surface area contributed by atoms with Crippen LogP contribution in [0, 0.1) is 20.8 Å². The predicted octanol–water partition coefficient (Wildman–Crippen LogP) is 3.95. The molecule has 0 aliphatic rings. The van der Waals surface area contributed by atoms with E-state index < -0.39 is 0 Å². The van der Waals surface area contributed by atoms with Gasteiger partial charge in [-0.25, -0.2) is 0 Å². The number of benzene rings is 2. The summed E-state index contributed by atoms with van der Waals surface area (Å²) in [6, 6.07) is 13.7. The van der Waals surface area contributed by atoms with Gasteiger partial charge in [0.05, 0.1) is 10.9 Å². The Kier molecular flexibility index (Phi) is 4.99. The number of hydrogen-bond acceptors (Lipinski definition) is 5. The summed E-state index contributed by atoms with van der Waals surface area (Å²) in [6.45, 7) is 8.01. The van der Waals surface area contributed by atoms with Gasteiger partial charge in [-0.05, 0) is 61.4 Å². The van der Waals surface area contributed by atoms with Gasteiger partial charge < -0.3 is 0 Å². The third kappa shape index (κ3) is 3.79. The lowest BCUT2D eigenvalue weighted by Gasteiger charge is -2.11. The number of thioether (sulfide) groups is 1. The number of Topliss-reactive ketones (excluding diaryl/α,β-unsaturated/α-hetero) is 1. The fourth-order valence-corrected chi connectivity index (χ4v) is 3.32. The van der Waals surface area contributed by atoms with E-state index in [9.17, 15) is 4.79 Å². The minimum absolute atomic E-state index is 0.0691. The van der Waals surface area contributed by atoms with E-state index in [0.29, 0.717) is 10.7 Å². The maximum absolute atomic E-state index is 12.6. The predicted molar refractivity (Wildman–Crippen MR) is 99.5 cm³/mol. The Morgan fingerprint density at radius 1 is 1.04 bits per heavy atom. The number of aryl methyl sites for hydroxylation is 3. The standard InChI is InChI=1S/C19H20N4OS/c1-12-5-8-16(9-6-12)18(24)15(4)25-19-20-21-22-23(19)17-10-7-13(2)14(3)11-17/h5-11,15H,1-4H3/t15-/m1/s1. The molecule has 0 aliphatic heterocycles. The van der Waals surface area contributed by atoms with Crippen molar-refractivity contribution in [3.63, 3.8) is 0 Å². The van der Waals surface area contributed by atoms with Gasteiger partial charge >= 0.3 is 0 Å². The number of ketones is 1. The van der Waals surface area contributed by atoms with E-state index in [0.717, 1.165) is 11.3 Å². The van der Waals surface area contributed by atoms with Gasteiger partial charge in [0.1, 0.15) is 0 Å². The molecule has 0 radical (unpaired) electrons. The van der Waals surface area contributed by atoms with Gasteiger partial charge in [0.25, 0.3) is 0 Å². The van der Waals surface area contributed by atoms with Crippen molar-refractivity contribution < 1.29 is 4.79 Å². The maximum atomic E-state index is 12.6. The SMILES string of the molecule is Cc1ccc(C(=O)[C@@H](C)Sc2nnnn2-c2ccc(C)c(C)c2)cc1. The fourth-order valence-electron chi connectivity index (χ4n) is 2.44. The Hall–Kier alpha value is -2.47. The monoisotopic (exact) mass is 352 g/mol. The van der Waals surface area contributed by atoms with Gasteiger partial charge in [-0.15, -0.1) is 5.10 Å². The zero-order valence-corrected chi connectivity index (χ0v) is 15.5. The summed E-state index contributed by atoms with van der Waals surface area (Å²) < 4.78 is 1.68. The lowest BCUT2D eigenvalue weighted by Crippen LogP contribution is -2.14. The van der Waals surface area contributed by atoms with E-state index in [1.165, 1.54) is 22.9 Å². The first-order valence-electron chi connectivity index (χ1n) is 8.09. The molecule has 0 N–H and O–H groups in total. The number of hydrogen-bond donors (Lipinski definition) is 0. The molecule has 2 aromatic carbocycles. The first kappa shape index (κ1) is 17.4. The Balaban J connectivity index is 1.81. The van der Waals surface area contributed by atoms with E-state index in [1.54, 1.807) is 4.68 Å². The molecule has 0 unspecified atom stereocenters. The Morgan fingerprint density at radius 3 is 2.44 bits per heavy atom. The molecule has 0 fully saturated rings. The number of carbonyl (C=O) groups is 1. The van der Waals surface area contributed by atoms with Gasteiger partial charge in [0.2, 0.25) is 5.16 Å². The molecular formula is C19H20N4OS. The highest BCUT2D eigenvalue weighted by atomic mass is 32.2. The minimum atomic E-state index is -0.279. The summed E-state index contributed by atoms with van der Waals surface area (Å²) in [5, 5.41) is 12.3. The van der Waals surface area contributed by atoms with Crippen LogP contribution >= 0.6 is 11.8 Å². The average Bonchev–Trinajstić information content (AvgIpc) is 3.05. The van der Waals surface area contributed by atoms with Crippen molar-refractivity contribution in [2.45, 2.75) is 38.1 Å². The second-order valence-corrected chi connectivity index (χ2v) is 7.44. The van der Waals surface area contributed by atoms with Crippen molar-refractivity contribution in [1.29, 1.82) is 0 Å². The third-order valence-corrected chi connectivity index (χ3v) is 5.20. The summed E-state index contributed by atoms with van der Waals surface area (Å²) in [6.07, 6.45) is 0. The maximum Gasteiger partial charge on any atom is 0.214 e. The molecule has 0 aliphatic carbocycles. The largest absolute Gasteiger partial charge is 0.293 e. The van der Waals surface area contributed by atoms with Crippen LogP contribution in [0.25, 0.3) is 5.69 Å². The van der Waals surface area contributed by atoms with Crippen LogP contribution in [-0.2, 0) is 0 Å². The molecule has 0 amide bonds. The molecule has 0 spiro atoms. The van der Waals surface area contributed by atoms with Gasteiger partial charge in [-0.1, -0.05) is 47.7 Å². The van der Waals surface area contributed by atoms with Gasteiger partial charge in [-0.2, -0.15) is 4.68 Å². The molecular weight excluding hydrogens is 332 g/mol. The van der Waals surface area contributed by atoms with Crippen molar-refractivity contribution in [2.24, 2.45) is 0 Å². The van der Waals surface area contributed by atoms with Crippen LogP contribution in [0.3, 0.4) is 0 Å². The highest BCUT2D eigenvalue weighted by Crippen LogP contribution is 2.26. The number of tetrazole rings is 1.